The van der Waals surface area contributed by atoms with E-state index in [1.165, 1.54) is 7.11 Å². The summed E-state index contributed by atoms with van der Waals surface area (Å²) in [5.74, 6) is -1.21. The minimum absolute atomic E-state index is 0.102. The summed E-state index contributed by atoms with van der Waals surface area (Å²) in [5, 5.41) is 14.5. The highest BCUT2D eigenvalue weighted by molar-refractivity contribution is 5.73. The molecule has 0 amide bonds. The van der Waals surface area contributed by atoms with E-state index in [9.17, 15) is 9.59 Å². The van der Waals surface area contributed by atoms with Crippen LogP contribution in [0.1, 0.15) is 16.7 Å². The maximum atomic E-state index is 11.3. The Kier molecular flexibility index (Phi) is 5.99. The first-order chi connectivity index (χ1) is 9.47. The van der Waals surface area contributed by atoms with Gasteiger partial charge in [-0.05, 0) is 29.7 Å². The molecule has 0 fully saturated rings. The number of carboxylic acid groups (broad SMARTS) is 1. The molecular formula is C14H20N2O4. The number of carboxylic acids is 1. The summed E-state index contributed by atoms with van der Waals surface area (Å²) in [4.78, 5) is 21.9. The lowest BCUT2D eigenvalue weighted by Crippen LogP contribution is -2.22. The summed E-state index contributed by atoms with van der Waals surface area (Å²) in [6.07, 6.45) is 0.192. The van der Waals surface area contributed by atoms with Crippen molar-refractivity contribution < 1.29 is 19.4 Å². The summed E-state index contributed by atoms with van der Waals surface area (Å²) < 4.78 is 4.66. The summed E-state index contributed by atoms with van der Waals surface area (Å²) in [7, 11) is 3.16. The Hall–Kier alpha value is -2.08. The van der Waals surface area contributed by atoms with Crippen LogP contribution < -0.4 is 10.6 Å². The van der Waals surface area contributed by atoms with Crippen molar-refractivity contribution in [3.63, 3.8) is 0 Å². The first-order valence-corrected chi connectivity index (χ1v) is 6.27. The van der Waals surface area contributed by atoms with Gasteiger partial charge in [0.05, 0.1) is 20.1 Å². The molecule has 1 aromatic rings. The minimum Gasteiger partial charge on any atom is -0.480 e. The molecule has 0 spiro atoms. The number of benzene rings is 1. The van der Waals surface area contributed by atoms with Gasteiger partial charge >= 0.3 is 11.9 Å². The zero-order chi connectivity index (χ0) is 15.1. The molecular weight excluding hydrogens is 260 g/mol. The average Bonchev–Trinajstić information content (AvgIpc) is 2.41. The molecule has 1 aromatic carbocycles. The molecule has 0 atom stereocenters. The van der Waals surface area contributed by atoms with Crippen LogP contribution in [0.2, 0.25) is 0 Å². The first-order valence-electron chi connectivity index (χ1n) is 6.27. The number of esters is 1. The quantitative estimate of drug-likeness (QED) is 0.644. The Morgan fingerprint density at radius 1 is 1.35 bits per heavy atom. The number of methoxy groups -OCH3 is 1. The molecule has 0 aliphatic heterocycles. The van der Waals surface area contributed by atoms with Gasteiger partial charge in [0.25, 0.3) is 0 Å². The second kappa shape index (κ2) is 7.49. The summed E-state index contributed by atoms with van der Waals surface area (Å²) in [6, 6.07) is 3.79. The van der Waals surface area contributed by atoms with Crippen LogP contribution in [0.3, 0.4) is 0 Å². The zero-order valence-electron chi connectivity index (χ0n) is 11.9. The van der Waals surface area contributed by atoms with E-state index in [1.807, 2.05) is 19.1 Å². The molecule has 3 N–H and O–H groups in total. The summed E-state index contributed by atoms with van der Waals surface area (Å²) in [6.45, 7) is 2.28. The Balaban J connectivity index is 2.93. The lowest BCUT2D eigenvalue weighted by Gasteiger charge is -2.14. The van der Waals surface area contributed by atoms with Gasteiger partial charge in [0.2, 0.25) is 0 Å². The number of ether oxygens (including phenoxy) is 1. The smallest absolute Gasteiger partial charge is 0.317 e. The van der Waals surface area contributed by atoms with Gasteiger partial charge in [-0.3, -0.25) is 9.59 Å². The van der Waals surface area contributed by atoms with Crippen molar-refractivity contribution in [2.24, 2.45) is 0 Å². The third-order valence-corrected chi connectivity index (χ3v) is 3.01. The third kappa shape index (κ3) is 4.55. The first kappa shape index (κ1) is 16.0. The Morgan fingerprint density at radius 2 is 2.05 bits per heavy atom. The number of nitrogens with one attached hydrogen (secondary N) is 2. The molecule has 0 aliphatic carbocycles. The van der Waals surface area contributed by atoms with E-state index in [0.717, 1.165) is 22.4 Å². The van der Waals surface area contributed by atoms with Gasteiger partial charge in [-0.2, -0.15) is 0 Å². The van der Waals surface area contributed by atoms with Crippen molar-refractivity contribution in [1.82, 2.24) is 5.32 Å². The summed E-state index contributed by atoms with van der Waals surface area (Å²) >= 11 is 0. The number of carbonyl (C=O) groups excluding carboxylic acids is 1. The van der Waals surface area contributed by atoms with Crippen molar-refractivity contribution in [2.45, 2.75) is 19.9 Å². The normalized spacial score (nSPS) is 10.2. The number of anilines is 1. The number of hydrogen-bond acceptors (Lipinski definition) is 5. The van der Waals surface area contributed by atoms with Gasteiger partial charge in [-0.25, -0.2) is 0 Å². The molecule has 0 heterocycles. The van der Waals surface area contributed by atoms with Crippen LogP contribution in [-0.2, 0) is 27.3 Å². The van der Waals surface area contributed by atoms with Gasteiger partial charge in [-0.15, -0.1) is 0 Å². The van der Waals surface area contributed by atoms with E-state index in [0.29, 0.717) is 6.54 Å². The van der Waals surface area contributed by atoms with Crippen molar-refractivity contribution >= 4 is 17.6 Å². The van der Waals surface area contributed by atoms with Crippen LogP contribution in [0.5, 0.6) is 0 Å². The van der Waals surface area contributed by atoms with Crippen LogP contribution in [0.25, 0.3) is 0 Å². The zero-order valence-corrected chi connectivity index (χ0v) is 11.9. The van der Waals surface area contributed by atoms with Gasteiger partial charge in [0, 0.05) is 19.3 Å². The number of aliphatic carboxylic acids is 1. The minimum atomic E-state index is -0.901. The predicted molar refractivity (Wildman–Crippen MR) is 75.8 cm³/mol. The number of carbonyl (C=O) groups is 2. The highest BCUT2D eigenvalue weighted by Gasteiger charge is 2.10. The van der Waals surface area contributed by atoms with Crippen molar-refractivity contribution in [1.29, 1.82) is 0 Å². The Labute approximate surface area is 118 Å². The molecule has 20 heavy (non-hydrogen) atoms. The average molecular weight is 280 g/mol. The van der Waals surface area contributed by atoms with E-state index in [4.69, 9.17) is 5.11 Å². The highest BCUT2D eigenvalue weighted by Crippen LogP contribution is 2.22. The molecule has 6 nitrogen and oxygen atoms in total. The highest BCUT2D eigenvalue weighted by atomic mass is 16.5. The third-order valence-electron chi connectivity index (χ3n) is 3.01. The van der Waals surface area contributed by atoms with Gasteiger partial charge in [0.15, 0.2) is 0 Å². The summed E-state index contributed by atoms with van der Waals surface area (Å²) in [5.41, 5.74) is 3.73. The Bertz CT molecular complexity index is 500. The van der Waals surface area contributed by atoms with Crippen LogP contribution in [-0.4, -0.2) is 37.7 Å². The largest absolute Gasteiger partial charge is 0.480 e. The topological polar surface area (TPSA) is 87.7 Å². The number of hydrogen-bond donors (Lipinski definition) is 3. The van der Waals surface area contributed by atoms with Gasteiger partial charge < -0.3 is 20.5 Å². The molecule has 110 valence electrons. The molecule has 0 aromatic heterocycles. The monoisotopic (exact) mass is 280 g/mol. The lowest BCUT2D eigenvalue weighted by molar-refractivity contribution is -0.140. The van der Waals surface area contributed by atoms with Gasteiger partial charge in [-0.1, -0.05) is 6.07 Å². The fraction of sp³-hybridized carbons (Fsp3) is 0.429. The standard InChI is InChI=1S/C14H20N2O4/c1-9-11(7-16-8-13(17)18)4-10(5-12(9)15-2)6-14(19)20-3/h4-5,15-16H,6-8H2,1-3H3,(H,17,18). The van der Waals surface area contributed by atoms with Crippen LogP contribution >= 0.6 is 0 Å². The van der Waals surface area contributed by atoms with Gasteiger partial charge in [0.1, 0.15) is 0 Å². The predicted octanol–water partition coefficient (Wildman–Crippen LogP) is 0.926. The molecule has 1 rings (SSSR count). The fourth-order valence-electron chi connectivity index (χ4n) is 1.93. The fourth-order valence-corrected chi connectivity index (χ4v) is 1.93. The van der Waals surface area contributed by atoms with Crippen LogP contribution in [0.4, 0.5) is 5.69 Å². The van der Waals surface area contributed by atoms with E-state index in [1.54, 1.807) is 7.05 Å². The molecule has 0 unspecified atom stereocenters. The second-order valence-electron chi connectivity index (χ2n) is 4.43. The van der Waals surface area contributed by atoms with Crippen LogP contribution in [0.15, 0.2) is 12.1 Å². The molecule has 0 saturated carbocycles. The molecule has 6 heteroatoms. The molecule has 0 bridgehead atoms. The van der Waals surface area contributed by atoms with Crippen molar-refractivity contribution in [2.75, 3.05) is 26.0 Å². The van der Waals surface area contributed by atoms with Crippen LogP contribution in [0, 0.1) is 6.92 Å². The molecule has 0 radical (unpaired) electrons. The lowest BCUT2D eigenvalue weighted by atomic mass is 10.0. The second-order valence-corrected chi connectivity index (χ2v) is 4.43. The SMILES string of the molecule is CNc1cc(CC(=O)OC)cc(CNCC(=O)O)c1C. The molecule has 0 aliphatic rings. The van der Waals surface area contributed by atoms with E-state index in [-0.39, 0.29) is 18.9 Å². The number of rotatable bonds is 7. The maximum absolute atomic E-state index is 11.3. The van der Waals surface area contributed by atoms with E-state index < -0.39 is 5.97 Å². The van der Waals surface area contributed by atoms with Crippen molar-refractivity contribution in [3.05, 3.63) is 28.8 Å². The van der Waals surface area contributed by atoms with Crippen molar-refractivity contribution in [3.8, 4) is 0 Å². The maximum Gasteiger partial charge on any atom is 0.317 e. The van der Waals surface area contributed by atoms with E-state index >= 15 is 0 Å². The Morgan fingerprint density at radius 3 is 2.60 bits per heavy atom. The molecule has 0 saturated heterocycles. The van der Waals surface area contributed by atoms with E-state index in [2.05, 4.69) is 15.4 Å².